The molecular formula is C24H22FN3O3. The lowest BCUT2D eigenvalue weighted by Gasteiger charge is -2.08. The predicted molar refractivity (Wildman–Crippen MR) is 117 cm³/mol. The molecule has 3 aromatic rings. The van der Waals surface area contributed by atoms with Crippen LogP contribution < -0.4 is 15.5 Å². The highest BCUT2D eigenvalue weighted by atomic mass is 19.1. The molecule has 0 saturated heterocycles. The highest BCUT2D eigenvalue weighted by Crippen LogP contribution is 2.15. The molecule has 3 rings (SSSR count). The number of ether oxygens (including phenoxy) is 1. The van der Waals surface area contributed by atoms with E-state index in [4.69, 9.17) is 4.74 Å². The van der Waals surface area contributed by atoms with Gasteiger partial charge in [-0.05, 0) is 73.5 Å². The summed E-state index contributed by atoms with van der Waals surface area (Å²) in [6.45, 7) is 3.96. The fraction of sp³-hybridized carbons (Fsp3) is 0.125. The molecule has 0 unspecified atom stereocenters. The normalized spacial score (nSPS) is 11.0. The molecule has 0 spiro atoms. The van der Waals surface area contributed by atoms with Crippen molar-refractivity contribution < 1.29 is 18.7 Å². The molecule has 0 aliphatic rings. The molecule has 0 bridgehead atoms. The zero-order chi connectivity index (χ0) is 22.2. The maximum Gasteiger partial charge on any atom is 0.329 e. The molecule has 0 atom stereocenters. The van der Waals surface area contributed by atoms with Gasteiger partial charge >= 0.3 is 11.8 Å². The van der Waals surface area contributed by atoms with Gasteiger partial charge in [0, 0.05) is 5.69 Å². The number of aryl methyl sites for hydroxylation is 1. The first-order valence-electron chi connectivity index (χ1n) is 9.60. The molecule has 7 heteroatoms. The summed E-state index contributed by atoms with van der Waals surface area (Å²) in [7, 11) is 0. The quantitative estimate of drug-likeness (QED) is 0.357. The SMILES string of the molecule is C/C(=N\NC(=O)C(=O)Nc1ccc(C)cc1)c1ccc(OCc2ccc(F)cc2)cc1. The van der Waals surface area contributed by atoms with Crippen LogP contribution in [0, 0.1) is 12.7 Å². The summed E-state index contributed by atoms with van der Waals surface area (Å²) >= 11 is 0. The molecule has 158 valence electrons. The van der Waals surface area contributed by atoms with Gasteiger partial charge in [0.15, 0.2) is 0 Å². The Balaban J connectivity index is 1.52. The van der Waals surface area contributed by atoms with Crippen LogP contribution in [0.1, 0.15) is 23.6 Å². The largest absolute Gasteiger partial charge is 0.489 e. The topological polar surface area (TPSA) is 79.8 Å². The Morgan fingerprint density at radius 2 is 1.55 bits per heavy atom. The Hall–Kier alpha value is -4.00. The van der Waals surface area contributed by atoms with Crippen molar-refractivity contribution in [3.05, 3.63) is 95.3 Å². The zero-order valence-corrected chi connectivity index (χ0v) is 17.2. The number of hydrazone groups is 1. The standard InChI is InChI=1S/C24H22FN3O3/c1-16-3-11-21(12-4-16)26-23(29)24(30)28-27-17(2)19-7-13-22(14-8-19)31-15-18-5-9-20(25)10-6-18/h3-14H,15H2,1-2H3,(H,26,29)(H,28,30)/b27-17+. The number of anilines is 1. The molecule has 0 radical (unpaired) electrons. The van der Waals surface area contributed by atoms with E-state index in [0.717, 1.165) is 16.7 Å². The molecule has 2 amide bonds. The number of carbonyl (C=O) groups excluding carboxylic acids is 2. The van der Waals surface area contributed by atoms with Gasteiger partial charge < -0.3 is 10.1 Å². The van der Waals surface area contributed by atoms with Crippen LogP contribution in [0.15, 0.2) is 77.9 Å². The Bertz CT molecular complexity index is 1080. The lowest BCUT2D eigenvalue weighted by Crippen LogP contribution is -2.32. The highest BCUT2D eigenvalue weighted by Gasteiger charge is 2.13. The number of nitrogens with one attached hydrogen (secondary N) is 2. The van der Waals surface area contributed by atoms with Gasteiger partial charge in [0.05, 0.1) is 5.71 Å². The van der Waals surface area contributed by atoms with E-state index in [0.29, 0.717) is 23.8 Å². The summed E-state index contributed by atoms with van der Waals surface area (Å²) in [6.07, 6.45) is 0. The molecule has 0 saturated carbocycles. The van der Waals surface area contributed by atoms with Crippen LogP contribution >= 0.6 is 0 Å². The number of hydrogen-bond donors (Lipinski definition) is 2. The van der Waals surface area contributed by atoms with Crippen molar-refractivity contribution in [3.8, 4) is 5.75 Å². The molecule has 3 aromatic carbocycles. The van der Waals surface area contributed by atoms with Gasteiger partial charge in [-0.15, -0.1) is 0 Å². The average molecular weight is 419 g/mol. The number of nitrogens with zero attached hydrogens (tertiary/aromatic N) is 1. The summed E-state index contributed by atoms with van der Waals surface area (Å²) in [5.41, 5.74) is 5.98. The van der Waals surface area contributed by atoms with Crippen molar-refractivity contribution in [1.82, 2.24) is 5.43 Å². The smallest absolute Gasteiger partial charge is 0.329 e. The monoisotopic (exact) mass is 419 g/mol. The number of rotatable bonds is 6. The summed E-state index contributed by atoms with van der Waals surface area (Å²) < 4.78 is 18.6. The molecule has 0 heterocycles. The van der Waals surface area contributed by atoms with Crippen molar-refractivity contribution in [2.24, 2.45) is 5.10 Å². The number of amides is 2. The lowest BCUT2D eigenvalue weighted by molar-refractivity contribution is -0.136. The van der Waals surface area contributed by atoms with Gasteiger partial charge in [-0.1, -0.05) is 29.8 Å². The fourth-order valence-electron chi connectivity index (χ4n) is 2.61. The van der Waals surface area contributed by atoms with E-state index in [1.165, 1.54) is 12.1 Å². The molecule has 2 N–H and O–H groups in total. The van der Waals surface area contributed by atoms with Gasteiger partial charge in [-0.3, -0.25) is 9.59 Å². The van der Waals surface area contributed by atoms with E-state index in [9.17, 15) is 14.0 Å². The summed E-state index contributed by atoms with van der Waals surface area (Å²) in [4.78, 5) is 23.9. The molecular weight excluding hydrogens is 397 g/mol. The third-order valence-electron chi connectivity index (χ3n) is 4.43. The van der Waals surface area contributed by atoms with Crippen molar-refractivity contribution in [2.75, 3.05) is 5.32 Å². The molecule has 0 fully saturated rings. The molecule has 6 nitrogen and oxygen atoms in total. The van der Waals surface area contributed by atoms with Crippen molar-refractivity contribution in [3.63, 3.8) is 0 Å². The maximum atomic E-state index is 12.9. The van der Waals surface area contributed by atoms with E-state index < -0.39 is 11.8 Å². The fourth-order valence-corrected chi connectivity index (χ4v) is 2.61. The Kier molecular flexibility index (Phi) is 7.11. The maximum absolute atomic E-state index is 12.9. The average Bonchev–Trinajstić information content (AvgIpc) is 2.78. The Labute approximate surface area is 179 Å². The number of benzene rings is 3. The van der Waals surface area contributed by atoms with E-state index >= 15 is 0 Å². The van der Waals surface area contributed by atoms with Gasteiger partial charge in [-0.2, -0.15) is 5.10 Å². The first kappa shape index (κ1) is 21.7. The molecule has 0 aliphatic carbocycles. The number of hydrogen-bond acceptors (Lipinski definition) is 4. The second-order valence-electron chi connectivity index (χ2n) is 6.90. The second-order valence-corrected chi connectivity index (χ2v) is 6.90. The van der Waals surface area contributed by atoms with Gasteiger partial charge in [0.1, 0.15) is 18.2 Å². The lowest BCUT2D eigenvalue weighted by atomic mass is 10.1. The van der Waals surface area contributed by atoms with Crippen LogP contribution in [0.5, 0.6) is 5.75 Å². The second kappa shape index (κ2) is 10.2. The van der Waals surface area contributed by atoms with Gasteiger partial charge in [-0.25, -0.2) is 9.82 Å². The van der Waals surface area contributed by atoms with Gasteiger partial charge in [0.2, 0.25) is 0 Å². The molecule has 0 aliphatic heterocycles. The van der Waals surface area contributed by atoms with Crippen LogP contribution in [0.4, 0.5) is 10.1 Å². The first-order chi connectivity index (χ1) is 14.9. The molecule has 0 aromatic heterocycles. The minimum absolute atomic E-state index is 0.289. The van der Waals surface area contributed by atoms with Crippen LogP contribution in [0.3, 0.4) is 0 Å². The minimum atomic E-state index is -0.862. The highest BCUT2D eigenvalue weighted by molar-refractivity contribution is 6.39. The summed E-state index contributed by atoms with van der Waals surface area (Å²) in [5.74, 6) is -1.31. The van der Waals surface area contributed by atoms with Crippen molar-refractivity contribution >= 4 is 23.2 Å². The predicted octanol–water partition coefficient (Wildman–Crippen LogP) is 4.19. The van der Waals surface area contributed by atoms with Crippen LogP contribution in [0.2, 0.25) is 0 Å². The van der Waals surface area contributed by atoms with Crippen molar-refractivity contribution in [2.45, 2.75) is 20.5 Å². The van der Waals surface area contributed by atoms with Gasteiger partial charge in [0.25, 0.3) is 0 Å². The minimum Gasteiger partial charge on any atom is -0.489 e. The molecule has 31 heavy (non-hydrogen) atoms. The Morgan fingerprint density at radius 3 is 2.19 bits per heavy atom. The van der Waals surface area contributed by atoms with Crippen LogP contribution in [0.25, 0.3) is 0 Å². The van der Waals surface area contributed by atoms with Crippen LogP contribution in [-0.2, 0) is 16.2 Å². The number of halogens is 1. The summed E-state index contributed by atoms with van der Waals surface area (Å²) in [5, 5.41) is 6.50. The number of carbonyl (C=O) groups is 2. The first-order valence-corrected chi connectivity index (χ1v) is 9.60. The summed E-state index contributed by atoms with van der Waals surface area (Å²) in [6, 6.07) is 20.3. The van der Waals surface area contributed by atoms with Crippen LogP contribution in [-0.4, -0.2) is 17.5 Å². The van der Waals surface area contributed by atoms with E-state index in [1.807, 2.05) is 19.1 Å². The van der Waals surface area contributed by atoms with Crippen molar-refractivity contribution in [1.29, 1.82) is 0 Å². The Morgan fingerprint density at radius 1 is 0.903 bits per heavy atom. The zero-order valence-electron chi connectivity index (χ0n) is 17.2. The third-order valence-corrected chi connectivity index (χ3v) is 4.43. The van der Waals surface area contributed by atoms with E-state index in [2.05, 4.69) is 15.8 Å². The third kappa shape index (κ3) is 6.50. The van der Waals surface area contributed by atoms with E-state index in [-0.39, 0.29) is 5.82 Å². The van der Waals surface area contributed by atoms with E-state index in [1.54, 1.807) is 55.5 Å².